The first-order chi connectivity index (χ1) is 10.2. The summed E-state index contributed by atoms with van der Waals surface area (Å²) in [7, 11) is 0. The van der Waals surface area contributed by atoms with Crippen molar-refractivity contribution in [2.45, 2.75) is 31.2 Å². The number of hydrogen-bond acceptors (Lipinski definition) is 3. The standard InChI is InChI=1S/C17H19NO3/c19-12-17(7-1-2-8-17)18-16(20)14-5-3-4-13(10-14)15-6-9-21-11-15/h3-6,9-11,19H,1-2,7-8,12H2,(H,18,20). The highest BCUT2D eigenvalue weighted by Gasteiger charge is 2.34. The largest absolute Gasteiger partial charge is 0.472 e. The number of furan rings is 1. The molecule has 21 heavy (non-hydrogen) atoms. The van der Waals surface area contributed by atoms with E-state index >= 15 is 0 Å². The average Bonchev–Trinajstić information content (AvgIpc) is 3.19. The topological polar surface area (TPSA) is 62.5 Å². The van der Waals surface area contributed by atoms with Gasteiger partial charge in [0, 0.05) is 11.1 Å². The van der Waals surface area contributed by atoms with Crippen molar-refractivity contribution in [3.63, 3.8) is 0 Å². The number of aliphatic hydroxyl groups is 1. The van der Waals surface area contributed by atoms with E-state index in [0.29, 0.717) is 5.56 Å². The second-order valence-electron chi connectivity index (χ2n) is 5.69. The van der Waals surface area contributed by atoms with Crippen LogP contribution in [0.2, 0.25) is 0 Å². The monoisotopic (exact) mass is 285 g/mol. The maximum Gasteiger partial charge on any atom is 0.251 e. The molecule has 0 bridgehead atoms. The summed E-state index contributed by atoms with van der Waals surface area (Å²) in [5.41, 5.74) is 2.06. The predicted octanol–water partition coefficient (Wildman–Crippen LogP) is 2.98. The van der Waals surface area contributed by atoms with Gasteiger partial charge in [-0.15, -0.1) is 0 Å². The first kappa shape index (κ1) is 13.9. The molecule has 2 aromatic rings. The number of carbonyl (C=O) groups excluding carboxylic acids is 1. The van der Waals surface area contributed by atoms with Crippen LogP contribution in [0, 0.1) is 0 Å². The molecule has 1 aliphatic carbocycles. The van der Waals surface area contributed by atoms with Crippen LogP contribution in [0.5, 0.6) is 0 Å². The van der Waals surface area contributed by atoms with Crippen LogP contribution in [-0.4, -0.2) is 23.2 Å². The Morgan fingerprint density at radius 3 is 2.71 bits per heavy atom. The van der Waals surface area contributed by atoms with Crippen molar-refractivity contribution in [3.05, 3.63) is 48.4 Å². The Balaban J connectivity index is 1.80. The third-order valence-corrected chi connectivity index (χ3v) is 4.22. The minimum atomic E-state index is -0.442. The molecule has 0 spiro atoms. The fraction of sp³-hybridized carbons (Fsp3) is 0.353. The van der Waals surface area contributed by atoms with E-state index in [2.05, 4.69) is 5.32 Å². The van der Waals surface area contributed by atoms with Gasteiger partial charge < -0.3 is 14.8 Å². The molecular weight excluding hydrogens is 266 g/mol. The van der Waals surface area contributed by atoms with Gasteiger partial charge in [-0.2, -0.15) is 0 Å². The van der Waals surface area contributed by atoms with Crippen molar-refractivity contribution in [2.24, 2.45) is 0 Å². The number of benzene rings is 1. The minimum Gasteiger partial charge on any atom is -0.472 e. The Labute approximate surface area is 123 Å². The molecule has 2 N–H and O–H groups in total. The van der Waals surface area contributed by atoms with E-state index in [1.54, 1.807) is 18.6 Å². The molecule has 0 unspecified atom stereocenters. The summed E-state index contributed by atoms with van der Waals surface area (Å²) in [6, 6.07) is 9.30. The minimum absolute atomic E-state index is 0.000160. The highest BCUT2D eigenvalue weighted by molar-refractivity contribution is 5.96. The Bertz CT molecular complexity index is 613. The Morgan fingerprint density at radius 1 is 1.24 bits per heavy atom. The van der Waals surface area contributed by atoms with Crippen LogP contribution in [0.25, 0.3) is 11.1 Å². The molecule has 0 atom stereocenters. The van der Waals surface area contributed by atoms with Gasteiger partial charge in [0.2, 0.25) is 0 Å². The van der Waals surface area contributed by atoms with E-state index in [4.69, 9.17) is 4.42 Å². The third-order valence-electron chi connectivity index (χ3n) is 4.22. The lowest BCUT2D eigenvalue weighted by atomic mass is 9.97. The van der Waals surface area contributed by atoms with Crippen LogP contribution in [0.3, 0.4) is 0 Å². The molecule has 1 aromatic carbocycles. The number of carbonyl (C=O) groups is 1. The Hall–Kier alpha value is -2.07. The molecule has 4 heteroatoms. The summed E-state index contributed by atoms with van der Waals surface area (Å²) in [5, 5.41) is 12.6. The fourth-order valence-corrected chi connectivity index (χ4v) is 2.96. The van der Waals surface area contributed by atoms with Crippen molar-refractivity contribution in [1.29, 1.82) is 0 Å². The number of rotatable bonds is 4. The van der Waals surface area contributed by atoms with E-state index in [0.717, 1.165) is 36.8 Å². The quantitative estimate of drug-likeness (QED) is 0.907. The zero-order chi connectivity index (χ0) is 14.7. The lowest BCUT2D eigenvalue weighted by Crippen LogP contribution is -2.49. The van der Waals surface area contributed by atoms with Gasteiger partial charge in [-0.25, -0.2) is 0 Å². The molecule has 1 aromatic heterocycles. The smallest absolute Gasteiger partial charge is 0.251 e. The lowest BCUT2D eigenvalue weighted by Gasteiger charge is -2.28. The lowest BCUT2D eigenvalue weighted by molar-refractivity contribution is 0.0838. The maximum atomic E-state index is 12.4. The molecule has 1 aliphatic rings. The molecule has 1 saturated carbocycles. The number of aliphatic hydroxyl groups excluding tert-OH is 1. The van der Waals surface area contributed by atoms with Crippen LogP contribution in [0.1, 0.15) is 36.0 Å². The van der Waals surface area contributed by atoms with Crippen LogP contribution >= 0.6 is 0 Å². The van der Waals surface area contributed by atoms with Gasteiger partial charge in [0.25, 0.3) is 5.91 Å². The van der Waals surface area contributed by atoms with Crippen molar-refractivity contribution < 1.29 is 14.3 Å². The van der Waals surface area contributed by atoms with Gasteiger partial charge in [0.05, 0.1) is 24.7 Å². The summed E-state index contributed by atoms with van der Waals surface area (Å²) in [6.45, 7) is 0.000160. The van der Waals surface area contributed by atoms with Gasteiger partial charge >= 0.3 is 0 Å². The molecular formula is C17H19NO3. The normalized spacial score (nSPS) is 16.8. The van der Waals surface area contributed by atoms with Gasteiger partial charge in [-0.1, -0.05) is 25.0 Å². The first-order valence-electron chi connectivity index (χ1n) is 7.28. The molecule has 1 heterocycles. The van der Waals surface area contributed by atoms with Gasteiger partial charge in [0.1, 0.15) is 0 Å². The molecule has 0 saturated heterocycles. The van der Waals surface area contributed by atoms with E-state index < -0.39 is 5.54 Å². The second kappa shape index (κ2) is 5.74. The SMILES string of the molecule is O=C(NC1(CO)CCCC1)c1cccc(-c2ccoc2)c1. The molecule has 4 nitrogen and oxygen atoms in total. The van der Waals surface area contributed by atoms with Gasteiger partial charge in [-0.3, -0.25) is 4.79 Å². The molecule has 0 aliphatic heterocycles. The summed E-state index contributed by atoms with van der Waals surface area (Å²) >= 11 is 0. The molecule has 110 valence electrons. The van der Waals surface area contributed by atoms with Crippen LogP contribution < -0.4 is 5.32 Å². The van der Waals surface area contributed by atoms with Gasteiger partial charge in [0.15, 0.2) is 0 Å². The zero-order valence-corrected chi connectivity index (χ0v) is 11.8. The van der Waals surface area contributed by atoms with Crippen molar-refractivity contribution >= 4 is 5.91 Å². The van der Waals surface area contributed by atoms with Crippen molar-refractivity contribution in [1.82, 2.24) is 5.32 Å². The molecule has 0 radical (unpaired) electrons. The average molecular weight is 285 g/mol. The first-order valence-corrected chi connectivity index (χ1v) is 7.28. The Morgan fingerprint density at radius 2 is 2.05 bits per heavy atom. The summed E-state index contributed by atoms with van der Waals surface area (Å²) in [6.07, 6.45) is 7.06. The van der Waals surface area contributed by atoms with E-state index in [9.17, 15) is 9.90 Å². The fourth-order valence-electron chi connectivity index (χ4n) is 2.96. The number of nitrogens with one attached hydrogen (secondary N) is 1. The predicted molar refractivity (Wildman–Crippen MR) is 79.9 cm³/mol. The highest BCUT2D eigenvalue weighted by atomic mass is 16.3. The number of amides is 1. The van der Waals surface area contributed by atoms with Crippen LogP contribution in [-0.2, 0) is 0 Å². The summed E-state index contributed by atoms with van der Waals surface area (Å²) in [4.78, 5) is 12.4. The van der Waals surface area contributed by atoms with E-state index in [1.807, 2.05) is 24.3 Å². The zero-order valence-electron chi connectivity index (χ0n) is 11.8. The molecule has 1 fully saturated rings. The summed E-state index contributed by atoms with van der Waals surface area (Å²) in [5.74, 6) is -0.128. The van der Waals surface area contributed by atoms with Crippen molar-refractivity contribution in [2.75, 3.05) is 6.61 Å². The molecule has 1 amide bonds. The van der Waals surface area contributed by atoms with E-state index in [1.165, 1.54) is 0 Å². The number of hydrogen-bond donors (Lipinski definition) is 2. The Kier molecular flexibility index (Phi) is 3.80. The van der Waals surface area contributed by atoms with Crippen molar-refractivity contribution in [3.8, 4) is 11.1 Å². The second-order valence-corrected chi connectivity index (χ2v) is 5.69. The summed E-state index contributed by atoms with van der Waals surface area (Å²) < 4.78 is 5.08. The highest BCUT2D eigenvalue weighted by Crippen LogP contribution is 2.29. The van der Waals surface area contributed by atoms with Crippen LogP contribution in [0.15, 0.2) is 47.3 Å². The molecule has 3 rings (SSSR count). The van der Waals surface area contributed by atoms with Gasteiger partial charge in [-0.05, 0) is 36.6 Å². The maximum absolute atomic E-state index is 12.4. The third kappa shape index (κ3) is 2.85. The van der Waals surface area contributed by atoms with Crippen LogP contribution in [0.4, 0.5) is 0 Å². The van der Waals surface area contributed by atoms with E-state index in [-0.39, 0.29) is 12.5 Å².